The van der Waals surface area contributed by atoms with Crippen LogP contribution in [0.3, 0.4) is 0 Å². The van der Waals surface area contributed by atoms with Gasteiger partial charge in [0.2, 0.25) is 0 Å². The number of hydrogen-bond donors (Lipinski definition) is 3. The van der Waals surface area contributed by atoms with E-state index in [2.05, 4.69) is 30.5 Å². The van der Waals surface area contributed by atoms with E-state index < -0.39 is 51.1 Å². The van der Waals surface area contributed by atoms with Gasteiger partial charge < -0.3 is 25.2 Å². The molecule has 0 aromatic carbocycles. The molecule has 0 fully saturated rings. The van der Waals surface area contributed by atoms with E-state index in [0.717, 1.165) is 32.1 Å². The average Bonchev–Trinajstić information content (AvgIpc) is 3.20. The summed E-state index contributed by atoms with van der Waals surface area (Å²) in [6.45, 7) is 2.76. The van der Waals surface area contributed by atoms with Crippen molar-refractivity contribution in [1.82, 2.24) is 0 Å². The van der Waals surface area contributed by atoms with Crippen molar-refractivity contribution in [3.8, 4) is 0 Å². The molecule has 0 saturated carbocycles. The largest absolute Gasteiger partial charge is 0.480 e. The van der Waals surface area contributed by atoms with Crippen molar-refractivity contribution in [2.45, 2.75) is 231 Å². The zero-order valence-electron chi connectivity index (χ0n) is 36.9. The number of esters is 2. The van der Waals surface area contributed by atoms with Gasteiger partial charge in [-0.2, -0.15) is 0 Å². The molecule has 0 aliphatic carbocycles. The van der Waals surface area contributed by atoms with Crippen LogP contribution in [-0.4, -0.2) is 59.9 Å². The lowest BCUT2D eigenvalue weighted by Gasteiger charge is -2.20. The molecular weight excluding hydrogens is 757 g/mol. The van der Waals surface area contributed by atoms with Gasteiger partial charge in [-0.05, 0) is 32.1 Å². The van der Waals surface area contributed by atoms with Gasteiger partial charge >= 0.3 is 25.7 Å². The van der Waals surface area contributed by atoms with Gasteiger partial charge in [0.1, 0.15) is 12.6 Å². The van der Waals surface area contributed by atoms with E-state index in [-0.39, 0.29) is 19.4 Å². The fourth-order valence-electron chi connectivity index (χ4n) is 6.53. The highest BCUT2D eigenvalue weighted by Gasteiger charge is 2.28. The Morgan fingerprint density at radius 2 is 0.948 bits per heavy atom. The third-order valence-corrected chi connectivity index (χ3v) is 11.2. The maximum Gasteiger partial charge on any atom is 0.472 e. The fourth-order valence-corrected chi connectivity index (χ4v) is 7.31. The molecule has 0 spiro atoms. The van der Waals surface area contributed by atoms with E-state index in [4.69, 9.17) is 24.8 Å². The Labute approximate surface area is 353 Å². The Morgan fingerprint density at radius 1 is 0.534 bits per heavy atom. The van der Waals surface area contributed by atoms with Crippen LogP contribution >= 0.6 is 7.82 Å². The number of carbonyl (C=O) groups excluding carboxylic acids is 2. The van der Waals surface area contributed by atoms with Crippen molar-refractivity contribution >= 4 is 25.7 Å². The second kappa shape index (κ2) is 41.7. The molecule has 58 heavy (non-hydrogen) atoms. The van der Waals surface area contributed by atoms with Crippen LogP contribution in [0.15, 0.2) is 24.3 Å². The summed E-state index contributed by atoms with van der Waals surface area (Å²) in [6, 6.07) is -1.53. The van der Waals surface area contributed by atoms with Gasteiger partial charge in [0.05, 0.1) is 13.2 Å². The number of carbonyl (C=O) groups is 3. The minimum atomic E-state index is -4.73. The number of phosphoric ester groups is 1. The van der Waals surface area contributed by atoms with Crippen LogP contribution < -0.4 is 5.73 Å². The van der Waals surface area contributed by atoms with Crippen molar-refractivity contribution < 1.29 is 47.5 Å². The van der Waals surface area contributed by atoms with E-state index in [1.165, 1.54) is 148 Å². The summed E-state index contributed by atoms with van der Waals surface area (Å²) < 4.78 is 32.6. The molecule has 0 aromatic heterocycles. The lowest BCUT2D eigenvalue weighted by Crippen LogP contribution is -2.34. The first-order valence-corrected chi connectivity index (χ1v) is 24.9. The summed E-state index contributed by atoms with van der Waals surface area (Å²) in [7, 11) is -4.73. The molecular formula is C46H86NO10P. The zero-order chi connectivity index (χ0) is 42.8. The molecule has 4 N–H and O–H groups in total. The van der Waals surface area contributed by atoms with Crippen molar-refractivity contribution in [1.29, 1.82) is 0 Å². The number of ether oxygens (including phenoxy) is 2. The average molecular weight is 844 g/mol. The molecule has 0 bridgehead atoms. The van der Waals surface area contributed by atoms with E-state index >= 15 is 0 Å². The second-order valence-corrected chi connectivity index (χ2v) is 17.3. The van der Waals surface area contributed by atoms with Gasteiger partial charge in [-0.1, -0.05) is 199 Å². The van der Waals surface area contributed by atoms with Crippen molar-refractivity contribution in [3.63, 3.8) is 0 Å². The fraction of sp³-hybridized carbons (Fsp3) is 0.848. The molecule has 0 amide bonds. The Balaban J connectivity index is 4.27. The summed E-state index contributed by atoms with van der Waals surface area (Å²) in [4.78, 5) is 45.9. The molecule has 0 aliphatic heterocycles. The molecule has 12 heteroatoms. The van der Waals surface area contributed by atoms with Crippen LogP contribution in [0.5, 0.6) is 0 Å². The predicted molar refractivity (Wildman–Crippen MR) is 236 cm³/mol. The monoisotopic (exact) mass is 844 g/mol. The van der Waals surface area contributed by atoms with Gasteiger partial charge in [0.15, 0.2) is 6.10 Å². The van der Waals surface area contributed by atoms with Crippen LogP contribution in [0.1, 0.15) is 219 Å². The van der Waals surface area contributed by atoms with Gasteiger partial charge in [-0.3, -0.25) is 23.4 Å². The molecule has 0 saturated heterocycles. The van der Waals surface area contributed by atoms with Gasteiger partial charge in [-0.15, -0.1) is 0 Å². The van der Waals surface area contributed by atoms with E-state index in [0.29, 0.717) is 12.8 Å². The van der Waals surface area contributed by atoms with Crippen LogP contribution in [0.4, 0.5) is 0 Å². The summed E-state index contributed by atoms with van der Waals surface area (Å²) in [6.07, 6.45) is 44.1. The summed E-state index contributed by atoms with van der Waals surface area (Å²) in [5, 5.41) is 8.89. The predicted octanol–water partition coefficient (Wildman–Crippen LogP) is 12.6. The van der Waals surface area contributed by atoms with Crippen molar-refractivity contribution in [2.75, 3.05) is 19.8 Å². The van der Waals surface area contributed by atoms with Crippen molar-refractivity contribution in [2.24, 2.45) is 5.73 Å². The maximum absolute atomic E-state index is 12.6. The Kier molecular flexibility index (Phi) is 40.2. The number of unbranched alkanes of at least 4 members (excludes halogenated alkanes) is 26. The number of carboxylic acids is 1. The first-order chi connectivity index (χ1) is 28.1. The lowest BCUT2D eigenvalue weighted by atomic mass is 10.0. The second-order valence-electron chi connectivity index (χ2n) is 15.9. The molecule has 0 radical (unpaired) electrons. The number of allylic oxidation sites excluding steroid dienone is 4. The molecule has 11 nitrogen and oxygen atoms in total. The van der Waals surface area contributed by atoms with Crippen LogP contribution in [0, 0.1) is 0 Å². The number of rotatable bonds is 44. The molecule has 0 rings (SSSR count). The number of hydrogen-bond acceptors (Lipinski definition) is 9. The normalized spacial score (nSPS) is 13.9. The van der Waals surface area contributed by atoms with E-state index in [9.17, 15) is 23.8 Å². The highest BCUT2D eigenvalue weighted by Crippen LogP contribution is 2.43. The molecule has 340 valence electrons. The number of aliphatic carboxylic acids is 1. The van der Waals surface area contributed by atoms with Crippen molar-refractivity contribution in [3.05, 3.63) is 24.3 Å². The third kappa shape index (κ3) is 40.7. The molecule has 0 heterocycles. The number of phosphoric acid groups is 1. The van der Waals surface area contributed by atoms with Crippen LogP contribution in [-0.2, 0) is 37.5 Å². The Hall–Kier alpha value is -2.04. The lowest BCUT2D eigenvalue weighted by molar-refractivity contribution is -0.161. The van der Waals surface area contributed by atoms with E-state index in [1.54, 1.807) is 0 Å². The smallest absolute Gasteiger partial charge is 0.472 e. The van der Waals surface area contributed by atoms with E-state index in [1.807, 2.05) is 12.2 Å². The molecule has 3 atom stereocenters. The number of nitrogens with two attached hydrogens (primary N) is 1. The van der Waals surface area contributed by atoms with Gasteiger partial charge in [0.25, 0.3) is 0 Å². The standard InChI is InChI=1S/C46H86NO10P/c1-3-5-7-9-11-13-15-17-18-19-20-21-22-23-24-26-27-29-31-33-35-37-44(48)54-39-42(40-55-58(52,53)56-41-43(47)46(50)51)57-45(49)38-36-34-32-30-28-25-16-14-12-10-8-6-4-2/h25,28,32,34,42-43H,3-24,26-27,29-31,33,35-41,47H2,1-2H3,(H,50,51)(H,52,53)/b28-25+,34-32+/t42?,43-/m0/s1. The third-order valence-electron chi connectivity index (χ3n) is 10.2. The van der Waals surface area contributed by atoms with Crippen LogP contribution in [0.25, 0.3) is 0 Å². The minimum absolute atomic E-state index is 0.0581. The van der Waals surface area contributed by atoms with Crippen LogP contribution in [0.2, 0.25) is 0 Å². The summed E-state index contributed by atoms with van der Waals surface area (Å²) in [5.41, 5.74) is 5.33. The first-order valence-electron chi connectivity index (χ1n) is 23.4. The molecule has 2 unspecified atom stereocenters. The van der Waals surface area contributed by atoms with Gasteiger partial charge in [0, 0.05) is 12.8 Å². The maximum atomic E-state index is 12.6. The first kappa shape index (κ1) is 56.0. The highest BCUT2D eigenvalue weighted by atomic mass is 31.2. The SMILES string of the molecule is CCCCCCCC/C=C/C/C=C/CCC(=O)OC(COC(=O)CCCCCCCCCCCCCCCCCCCCCCC)COP(=O)(O)OC[C@H](N)C(=O)O. The quantitative estimate of drug-likeness (QED) is 0.0231. The summed E-state index contributed by atoms with van der Waals surface area (Å²) in [5.74, 6) is -2.45. The summed E-state index contributed by atoms with van der Waals surface area (Å²) >= 11 is 0. The highest BCUT2D eigenvalue weighted by molar-refractivity contribution is 7.47. The molecule has 0 aromatic rings. The number of carboxylic acid groups (broad SMARTS) is 1. The van der Waals surface area contributed by atoms with Gasteiger partial charge in [-0.25, -0.2) is 4.57 Å². The topological polar surface area (TPSA) is 172 Å². The zero-order valence-corrected chi connectivity index (χ0v) is 37.8. The Morgan fingerprint density at radius 3 is 1.41 bits per heavy atom. The molecule has 0 aliphatic rings. The minimum Gasteiger partial charge on any atom is -0.480 e. The Bertz CT molecular complexity index is 1080.